The standard InChI is InChI=1S/C7H12N2O2S/c1-6(2)9-5-7(4-8-9)12(3,10)11/h4-6H,1-3H3. The van der Waals surface area contributed by atoms with Gasteiger partial charge in [-0.1, -0.05) is 0 Å². The molecular formula is C7H12N2O2S. The van der Waals surface area contributed by atoms with Crippen molar-refractivity contribution in [1.29, 1.82) is 0 Å². The van der Waals surface area contributed by atoms with Crippen molar-refractivity contribution in [3.63, 3.8) is 0 Å². The molecule has 4 nitrogen and oxygen atoms in total. The van der Waals surface area contributed by atoms with Crippen LogP contribution < -0.4 is 0 Å². The summed E-state index contributed by atoms with van der Waals surface area (Å²) in [5.41, 5.74) is 0. The molecule has 1 rings (SSSR count). The van der Waals surface area contributed by atoms with Gasteiger partial charge in [0.15, 0.2) is 9.84 Å². The largest absolute Gasteiger partial charge is 0.269 e. The van der Waals surface area contributed by atoms with Crippen molar-refractivity contribution in [3.8, 4) is 0 Å². The van der Waals surface area contributed by atoms with E-state index < -0.39 is 9.84 Å². The Morgan fingerprint density at radius 3 is 2.33 bits per heavy atom. The highest BCUT2D eigenvalue weighted by atomic mass is 32.2. The van der Waals surface area contributed by atoms with E-state index in [-0.39, 0.29) is 10.9 Å². The van der Waals surface area contributed by atoms with Gasteiger partial charge >= 0.3 is 0 Å². The van der Waals surface area contributed by atoms with Gasteiger partial charge in [-0.3, -0.25) is 4.68 Å². The highest BCUT2D eigenvalue weighted by Gasteiger charge is 2.10. The average Bonchev–Trinajstić information content (AvgIpc) is 2.30. The van der Waals surface area contributed by atoms with Crippen LogP contribution in [0, 0.1) is 0 Å². The maximum absolute atomic E-state index is 11.0. The van der Waals surface area contributed by atoms with Gasteiger partial charge in [-0.2, -0.15) is 5.10 Å². The summed E-state index contributed by atoms with van der Waals surface area (Å²) in [6.45, 7) is 3.89. The predicted octanol–water partition coefficient (Wildman–Crippen LogP) is 0.867. The van der Waals surface area contributed by atoms with Gasteiger partial charge in [-0.25, -0.2) is 8.42 Å². The van der Waals surface area contributed by atoms with Crippen LogP contribution in [0.3, 0.4) is 0 Å². The predicted molar refractivity (Wildman–Crippen MR) is 45.7 cm³/mol. The van der Waals surface area contributed by atoms with Crippen molar-refractivity contribution in [1.82, 2.24) is 9.78 Å². The van der Waals surface area contributed by atoms with Crippen LogP contribution in [0.25, 0.3) is 0 Å². The fourth-order valence-electron chi connectivity index (χ4n) is 0.794. The molecule has 1 heterocycles. The monoisotopic (exact) mass is 188 g/mol. The second kappa shape index (κ2) is 2.90. The summed E-state index contributed by atoms with van der Waals surface area (Å²) in [5.74, 6) is 0. The Bertz CT molecular complexity index is 365. The van der Waals surface area contributed by atoms with Crippen molar-refractivity contribution in [2.75, 3.05) is 6.26 Å². The zero-order valence-electron chi connectivity index (χ0n) is 7.35. The molecule has 0 saturated carbocycles. The topological polar surface area (TPSA) is 52.0 Å². The van der Waals surface area contributed by atoms with Crippen molar-refractivity contribution < 1.29 is 8.42 Å². The van der Waals surface area contributed by atoms with Crippen molar-refractivity contribution >= 4 is 9.84 Å². The summed E-state index contributed by atoms with van der Waals surface area (Å²) in [6.07, 6.45) is 4.09. The quantitative estimate of drug-likeness (QED) is 0.692. The summed E-state index contributed by atoms with van der Waals surface area (Å²) in [7, 11) is -3.10. The first-order chi connectivity index (χ1) is 5.41. The van der Waals surface area contributed by atoms with E-state index in [0.717, 1.165) is 0 Å². The maximum atomic E-state index is 11.0. The van der Waals surface area contributed by atoms with E-state index in [0.29, 0.717) is 0 Å². The lowest BCUT2D eigenvalue weighted by Crippen LogP contribution is -2.00. The van der Waals surface area contributed by atoms with Crippen LogP contribution >= 0.6 is 0 Å². The third kappa shape index (κ3) is 1.85. The molecule has 68 valence electrons. The lowest BCUT2D eigenvalue weighted by molar-refractivity contribution is 0.531. The fraction of sp³-hybridized carbons (Fsp3) is 0.571. The molecule has 1 aromatic rings. The van der Waals surface area contributed by atoms with Gasteiger partial charge < -0.3 is 0 Å². The second-order valence-electron chi connectivity index (χ2n) is 3.02. The fourth-order valence-corrected chi connectivity index (χ4v) is 1.33. The van der Waals surface area contributed by atoms with Crippen LogP contribution in [0.2, 0.25) is 0 Å². The SMILES string of the molecule is CC(C)n1cc(S(C)(=O)=O)cn1. The lowest BCUT2D eigenvalue weighted by Gasteiger charge is -2.02. The number of rotatable bonds is 2. The first-order valence-electron chi connectivity index (χ1n) is 3.65. The molecule has 0 saturated heterocycles. The maximum Gasteiger partial charge on any atom is 0.178 e. The molecule has 0 aliphatic rings. The number of aromatic nitrogens is 2. The summed E-state index contributed by atoms with van der Waals surface area (Å²) in [4.78, 5) is 0.274. The number of nitrogens with zero attached hydrogens (tertiary/aromatic N) is 2. The van der Waals surface area contributed by atoms with Gasteiger partial charge in [0.25, 0.3) is 0 Å². The molecule has 0 aromatic carbocycles. The second-order valence-corrected chi connectivity index (χ2v) is 5.04. The highest BCUT2D eigenvalue weighted by Crippen LogP contribution is 2.09. The van der Waals surface area contributed by atoms with Gasteiger partial charge in [-0.15, -0.1) is 0 Å². The molecule has 0 unspecified atom stereocenters. The summed E-state index contributed by atoms with van der Waals surface area (Å²) < 4.78 is 23.7. The van der Waals surface area contributed by atoms with E-state index in [1.807, 2.05) is 13.8 Å². The van der Waals surface area contributed by atoms with E-state index in [1.165, 1.54) is 12.5 Å². The van der Waals surface area contributed by atoms with Crippen LogP contribution in [0.4, 0.5) is 0 Å². The normalized spacial score (nSPS) is 12.3. The molecular weight excluding hydrogens is 176 g/mol. The summed E-state index contributed by atoms with van der Waals surface area (Å²) >= 11 is 0. The van der Waals surface area contributed by atoms with Crippen LogP contribution in [0.5, 0.6) is 0 Å². The Labute approximate surface area is 72.1 Å². The minimum absolute atomic E-state index is 0.195. The smallest absolute Gasteiger partial charge is 0.178 e. The molecule has 1 aromatic heterocycles. The van der Waals surface area contributed by atoms with Crippen LogP contribution in [-0.4, -0.2) is 24.5 Å². The molecule has 0 bridgehead atoms. The molecule has 0 atom stereocenters. The molecule has 0 aliphatic carbocycles. The molecule has 0 N–H and O–H groups in total. The highest BCUT2D eigenvalue weighted by molar-refractivity contribution is 7.90. The molecule has 0 spiro atoms. The molecule has 0 radical (unpaired) electrons. The molecule has 0 aliphatic heterocycles. The van der Waals surface area contributed by atoms with E-state index >= 15 is 0 Å². The number of sulfone groups is 1. The van der Waals surface area contributed by atoms with Gasteiger partial charge in [-0.05, 0) is 13.8 Å². The Morgan fingerprint density at radius 1 is 1.50 bits per heavy atom. The van der Waals surface area contributed by atoms with E-state index in [2.05, 4.69) is 5.10 Å². The van der Waals surface area contributed by atoms with Gasteiger partial charge in [0.1, 0.15) is 4.90 Å². The van der Waals surface area contributed by atoms with Crippen LogP contribution in [0.1, 0.15) is 19.9 Å². The van der Waals surface area contributed by atoms with E-state index in [4.69, 9.17) is 0 Å². The van der Waals surface area contributed by atoms with Gasteiger partial charge in [0, 0.05) is 18.5 Å². The zero-order valence-corrected chi connectivity index (χ0v) is 8.17. The van der Waals surface area contributed by atoms with Gasteiger partial charge in [0.2, 0.25) is 0 Å². The van der Waals surface area contributed by atoms with Crippen LogP contribution in [0.15, 0.2) is 17.3 Å². The van der Waals surface area contributed by atoms with Crippen molar-refractivity contribution in [2.45, 2.75) is 24.8 Å². The Hall–Kier alpha value is -0.840. The lowest BCUT2D eigenvalue weighted by atomic mass is 10.4. The number of hydrogen-bond donors (Lipinski definition) is 0. The zero-order chi connectivity index (χ0) is 9.35. The van der Waals surface area contributed by atoms with Crippen molar-refractivity contribution in [3.05, 3.63) is 12.4 Å². The first-order valence-corrected chi connectivity index (χ1v) is 5.54. The van der Waals surface area contributed by atoms with Crippen molar-refractivity contribution in [2.24, 2.45) is 0 Å². The summed E-state index contributed by atoms with van der Waals surface area (Å²) in [6, 6.07) is 0.195. The molecule has 5 heteroatoms. The van der Waals surface area contributed by atoms with E-state index in [9.17, 15) is 8.42 Å². The molecule has 0 amide bonds. The molecule has 0 fully saturated rings. The van der Waals surface area contributed by atoms with Crippen LogP contribution in [-0.2, 0) is 9.84 Å². The van der Waals surface area contributed by atoms with E-state index in [1.54, 1.807) is 10.9 Å². The Balaban J connectivity index is 3.09. The molecule has 12 heavy (non-hydrogen) atoms. The number of hydrogen-bond acceptors (Lipinski definition) is 3. The third-order valence-electron chi connectivity index (χ3n) is 1.54. The average molecular weight is 188 g/mol. The Kier molecular flexibility index (Phi) is 2.23. The minimum atomic E-state index is -3.10. The first kappa shape index (κ1) is 9.25. The summed E-state index contributed by atoms with van der Waals surface area (Å²) in [5, 5.41) is 3.92. The van der Waals surface area contributed by atoms with Gasteiger partial charge in [0.05, 0.1) is 6.20 Å². The Morgan fingerprint density at radius 2 is 2.08 bits per heavy atom. The third-order valence-corrected chi connectivity index (χ3v) is 2.60. The minimum Gasteiger partial charge on any atom is -0.269 e.